The Kier molecular flexibility index (Phi) is 4.34. The van der Waals surface area contributed by atoms with Crippen LogP contribution in [-0.4, -0.2) is 36.7 Å². The molecule has 1 saturated carbocycles. The topological polar surface area (TPSA) is 38.5 Å². The Morgan fingerprint density at radius 3 is 2.67 bits per heavy atom. The van der Waals surface area contributed by atoms with Gasteiger partial charge in [0.25, 0.3) is 0 Å². The second kappa shape index (κ2) is 6.07. The molecule has 1 heterocycles. The van der Waals surface area contributed by atoms with Gasteiger partial charge in [-0.05, 0) is 56.7 Å². The van der Waals surface area contributed by atoms with Crippen LogP contribution in [0.4, 0.5) is 0 Å². The lowest BCUT2D eigenvalue weighted by Gasteiger charge is -2.39. The SMILES string of the molecule is Cc1cc(C)c(C(N)CN2CCOC3CCCC32)c(C)c1. The highest BCUT2D eigenvalue weighted by Gasteiger charge is 2.36. The van der Waals surface area contributed by atoms with Crippen LogP contribution in [0.5, 0.6) is 0 Å². The number of nitrogens with zero attached hydrogens (tertiary/aromatic N) is 1. The standard InChI is InChI=1S/C18H28N2O/c1-12-9-13(2)18(14(3)10-12)15(19)11-20-7-8-21-17-6-4-5-16(17)20/h9-10,15-17H,4-8,11,19H2,1-3H3. The zero-order chi connectivity index (χ0) is 15.0. The molecule has 1 saturated heterocycles. The van der Waals surface area contributed by atoms with E-state index in [0.29, 0.717) is 12.1 Å². The van der Waals surface area contributed by atoms with Gasteiger partial charge in [-0.25, -0.2) is 0 Å². The molecule has 0 spiro atoms. The Bertz CT molecular complexity index is 491. The molecule has 0 amide bonds. The zero-order valence-electron chi connectivity index (χ0n) is 13.6. The van der Waals surface area contributed by atoms with Gasteiger partial charge in [0, 0.05) is 25.2 Å². The largest absolute Gasteiger partial charge is 0.375 e. The maximum Gasteiger partial charge on any atom is 0.0730 e. The number of benzene rings is 1. The summed E-state index contributed by atoms with van der Waals surface area (Å²) in [6.07, 6.45) is 4.23. The van der Waals surface area contributed by atoms with Gasteiger partial charge in [-0.15, -0.1) is 0 Å². The van der Waals surface area contributed by atoms with Crippen molar-refractivity contribution in [3.63, 3.8) is 0 Å². The summed E-state index contributed by atoms with van der Waals surface area (Å²) in [7, 11) is 0. The number of ether oxygens (including phenoxy) is 1. The van der Waals surface area contributed by atoms with Crippen molar-refractivity contribution in [1.82, 2.24) is 4.90 Å². The van der Waals surface area contributed by atoms with Crippen molar-refractivity contribution in [2.24, 2.45) is 5.73 Å². The smallest absolute Gasteiger partial charge is 0.0730 e. The summed E-state index contributed by atoms with van der Waals surface area (Å²) in [5.74, 6) is 0. The molecule has 1 aromatic rings. The molecule has 3 heteroatoms. The van der Waals surface area contributed by atoms with E-state index in [0.717, 1.165) is 19.7 Å². The molecule has 1 aliphatic heterocycles. The van der Waals surface area contributed by atoms with Crippen LogP contribution >= 0.6 is 0 Å². The average Bonchev–Trinajstić information content (AvgIpc) is 2.86. The first kappa shape index (κ1) is 15.0. The highest BCUT2D eigenvalue weighted by atomic mass is 16.5. The third-order valence-corrected chi connectivity index (χ3v) is 5.14. The van der Waals surface area contributed by atoms with Crippen molar-refractivity contribution in [2.45, 2.75) is 58.2 Å². The first-order valence-electron chi connectivity index (χ1n) is 8.25. The Balaban J connectivity index is 1.75. The third-order valence-electron chi connectivity index (χ3n) is 5.14. The fourth-order valence-corrected chi connectivity index (χ4v) is 4.35. The van der Waals surface area contributed by atoms with Crippen LogP contribution in [0.2, 0.25) is 0 Å². The maximum absolute atomic E-state index is 6.58. The maximum atomic E-state index is 6.58. The number of morpholine rings is 1. The van der Waals surface area contributed by atoms with Gasteiger partial charge in [0.1, 0.15) is 0 Å². The zero-order valence-corrected chi connectivity index (χ0v) is 13.6. The van der Waals surface area contributed by atoms with Crippen LogP contribution < -0.4 is 5.73 Å². The van der Waals surface area contributed by atoms with Crippen LogP contribution in [0.15, 0.2) is 12.1 Å². The van der Waals surface area contributed by atoms with Crippen LogP contribution in [-0.2, 0) is 4.74 Å². The van der Waals surface area contributed by atoms with Gasteiger partial charge in [0.15, 0.2) is 0 Å². The van der Waals surface area contributed by atoms with Crippen molar-refractivity contribution in [3.05, 3.63) is 34.4 Å². The highest BCUT2D eigenvalue weighted by Crippen LogP contribution is 2.31. The molecule has 3 nitrogen and oxygen atoms in total. The predicted octanol–water partition coefficient (Wildman–Crippen LogP) is 2.86. The molecule has 2 aliphatic rings. The molecule has 3 rings (SSSR count). The molecule has 3 atom stereocenters. The van der Waals surface area contributed by atoms with E-state index in [-0.39, 0.29) is 6.04 Å². The van der Waals surface area contributed by atoms with E-state index in [1.165, 1.54) is 41.5 Å². The van der Waals surface area contributed by atoms with Gasteiger partial charge in [-0.3, -0.25) is 4.90 Å². The summed E-state index contributed by atoms with van der Waals surface area (Å²) in [6.45, 7) is 9.37. The van der Waals surface area contributed by atoms with E-state index < -0.39 is 0 Å². The van der Waals surface area contributed by atoms with Crippen molar-refractivity contribution in [2.75, 3.05) is 19.7 Å². The molecule has 2 fully saturated rings. The number of aryl methyl sites for hydroxylation is 3. The fourth-order valence-electron chi connectivity index (χ4n) is 4.35. The molecular formula is C18H28N2O. The van der Waals surface area contributed by atoms with Crippen LogP contribution in [0.1, 0.15) is 47.6 Å². The first-order chi connectivity index (χ1) is 10.1. The molecule has 1 aromatic carbocycles. The van der Waals surface area contributed by atoms with Crippen molar-refractivity contribution in [1.29, 1.82) is 0 Å². The van der Waals surface area contributed by atoms with Gasteiger partial charge in [-0.2, -0.15) is 0 Å². The van der Waals surface area contributed by atoms with Gasteiger partial charge in [0.05, 0.1) is 12.7 Å². The van der Waals surface area contributed by atoms with Crippen molar-refractivity contribution < 1.29 is 4.74 Å². The summed E-state index contributed by atoms with van der Waals surface area (Å²) in [5, 5.41) is 0. The monoisotopic (exact) mass is 288 g/mol. The van der Waals surface area contributed by atoms with Crippen LogP contribution in [0, 0.1) is 20.8 Å². The lowest BCUT2D eigenvalue weighted by molar-refractivity contribution is -0.0572. The predicted molar refractivity (Wildman–Crippen MR) is 86.5 cm³/mol. The first-order valence-corrected chi connectivity index (χ1v) is 8.25. The fraction of sp³-hybridized carbons (Fsp3) is 0.667. The number of fused-ring (bicyclic) bond motifs is 1. The van der Waals surface area contributed by atoms with Gasteiger partial charge in [-0.1, -0.05) is 17.7 Å². The van der Waals surface area contributed by atoms with E-state index >= 15 is 0 Å². The molecule has 21 heavy (non-hydrogen) atoms. The molecule has 0 aromatic heterocycles. The van der Waals surface area contributed by atoms with Gasteiger partial charge in [0.2, 0.25) is 0 Å². The van der Waals surface area contributed by atoms with E-state index in [2.05, 4.69) is 37.8 Å². The van der Waals surface area contributed by atoms with E-state index in [1.54, 1.807) is 0 Å². The molecule has 2 N–H and O–H groups in total. The van der Waals surface area contributed by atoms with Crippen LogP contribution in [0.3, 0.4) is 0 Å². The molecule has 3 unspecified atom stereocenters. The highest BCUT2D eigenvalue weighted by molar-refractivity contribution is 5.39. The Morgan fingerprint density at radius 2 is 1.95 bits per heavy atom. The lowest BCUT2D eigenvalue weighted by atomic mass is 9.93. The number of nitrogens with two attached hydrogens (primary N) is 1. The summed E-state index contributed by atoms with van der Waals surface area (Å²) in [4.78, 5) is 2.57. The molecule has 1 aliphatic carbocycles. The Morgan fingerprint density at radius 1 is 1.24 bits per heavy atom. The summed E-state index contributed by atoms with van der Waals surface area (Å²) in [5.41, 5.74) is 11.9. The molecule has 0 radical (unpaired) electrons. The summed E-state index contributed by atoms with van der Waals surface area (Å²) < 4.78 is 5.90. The summed E-state index contributed by atoms with van der Waals surface area (Å²) >= 11 is 0. The molecule has 0 bridgehead atoms. The summed E-state index contributed by atoms with van der Waals surface area (Å²) in [6, 6.07) is 5.19. The van der Waals surface area contributed by atoms with Gasteiger partial charge >= 0.3 is 0 Å². The second-order valence-corrected chi connectivity index (χ2v) is 6.82. The molecule has 116 valence electrons. The van der Waals surface area contributed by atoms with E-state index in [9.17, 15) is 0 Å². The average molecular weight is 288 g/mol. The van der Waals surface area contributed by atoms with Crippen molar-refractivity contribution in [3.8, 4) is 0 Å². The van der Waals surface area contributed by atoms with Gasteiger partial charge < -0.3 is 10.5 Å². The number of hydrogen-bond acceptors (Lipinski definition) is 3. The minimum absolute atomic E-state index is 0.102. The minimum atomic E-state index is 0.102. The lowest BCUT2D eigenvalue weighted by Crippen LogP contribution is -2.50. The van der Waals surface area contributed by atoms with E-state index in [4.69, 9.17) is 10.5 Å². The quantitative estimate of drug-likeness (QED) is 0.929. The van der Waals surface area contributed by atoms with Crippen molar-refractivity contribution >= 4 is 0 Å². The third kappa shape index (κ3) is 3.01. The molecular weight excluding hydrogens is 260 g/mol. The van der Waals surface area contributed by atoms with Crippen LogP contribution in [0.25, 0.3) is 0 Å². The normalized spacial score (nSPS) is 27.6. The Hall–Kier alpha value is -0.900. The number of rotatable bonds is 3. The van der Waals surface area contributed by atoms with E-state index in [1.807, 2.05) is 0 Å². The Labute approximate surface area is 128 Å². The second-order valence-electron chi connectivity index (χ2n) is 6.82. The minimum Gasteiger partial charge on any atom is -0.375 e. The number of hydrogen-bond donors (Lipinski definition) is 1.